The number of hydrogen-bond acceptors (Lipinski definition) is 2. The van der Waals surface area contributed by atoms with E-state index in [1.54, 1.807) is 0 Å². The second-order valence-corrected chi connectivity index (χ2v) is 5.17. The lowest BCUT2D eigenvalue weighted by molar-refractivity contribution is -0.137. The fourth-order valence-corrected chi connectivity index (χ4v) is 2.55. The molecule has 1 aliphatic heterocycles. The van der Waals surface area contributed by atoms with Gasteiger partial charge >= 0.3 is 6.18 Å². The summed E-state index contributed by atoms with van der Waals surface area (Å²) in [5, 5.41) is 3.15. The predicted octanol–water partition coefficient (Wildman–Crippen LogP) is 3.03. The standard InChI is InChI=1S/C14H18F4N2/c1-19-12-3-2-6-20(9-12)8-10-7-11(14(16,17)18)4-5-13(10)15/h4-5,7,12,19H,2-3,6,8-9H2,1H3. The van der Waals surface area contributed by atoms with Gasteiger partial charge in [0.25, 0.3) is 0 Å². The molecule has 2 nitrogen and oxygen atoms in total. The Labute approximate surface area is 115 Å². The topological polar surface area (TPSA) is 15.3 Å². The van der Waals surface area contributed by atoms with E-state index in [-0.39, 0.29) is 12.1 Å². The van der Waals surface area contributed by atoms with Gasteiger partial charge in [0.05, 0.1) is 5.56 Å². The minimum atomic E-state index is -4.43. The molecular weight excluding hydrogens is 272 g/mol. The second kappa shape index (κ2) is 6.10. The van der Waals surface area contributed by atoms with Crippen molar-refractivity contribution < 1.29 is 17.6 Å². The largest absolute Gasteiger partial charge is 0.416 e. The molecule has 0 saturated carbocycles. The number of alkyl halides is 3. The molecule has 0 aromatic heterocycles. The van der Waals surface area contributed by atoms with Gasteiger partial charge in [0.15, 0.2) is 0 Å². The Morgan fingerprint density at radius 1 is 1.35 bits per heavy atom. The van der Waals surface area contributed by atoms with Crippen molar-refractivity contribution in [1.82, 2.24) is 10.2 Å². The van der Waals surface area contributed by atoms with E-state index in [1.807, 2.05) is 11.9 Å². The lowest BCUT2D eigenvalue weighted by Crippen LogP contribution is -2.44. The molecule has 0 bridgehead atoms. The summed E-state index contributed by atoms with van der Waals surface area (Å²) in [7, 11) is 1.86. The average molecular weight is 290 g/mol. The number of rotatable bonds is 3. The Morgan fingerprint density at radius 2 is 2.10 bits per heavy atom. The van der Waals surface area contributed by atoms with Gasteiger partial charge in [-0.25, -0.2) is 4.39 Å². The molecule has 1 saturated heterocycles. The van der Waals surface area contributed by atoms with Crippen LogP contribution in [0.25, 0.3) is 0 Å². The summed E-state index contributed by atoms with van der Waals surface area (Å²) in [5.41, 5.74) is -0.687. The number of likely N-dealkylation sites (tertiary alicyclic amines) is 1. The molecular formula is C14H18F4N2. The molecule has 2 rings (SSSR count). The van der Waals surface area contributed by atoms with E-state index in [9.17, 15) is 17.6 Å². The van der Waals surface area contributed by atoms with Gasteiger partial charge in [0.2, 0.25) is 0 Å². The number of piperidine rings is 1. The van der Waals surface area contributed by atoms with Crippen LogP contribution < -0.4 is 5.32 Å². The van der Waals surface area contributed by atoms with Gasteiger partial charge in [-0.05, 0) is 44.6 Å². The molecule has 0 amide bonds. The molecule has 1 N–H and O–H groups in total. The Morgan fingerprint density at radius 3 is 2.75 bits per heavy atom. The predicted molar refractivity (Wildman–Crippen MR) is 68.8 cm³/mol. The third-order valence-corrected chi connectivity index (χ3v) is 3.68. The number of benzene rings is 1. The van der Waals surface area contributed by atoms with Gasteiger partial charge in [0.1, 0.15) is 5.82 Å². The van der Waals surface area contributed by atoms with Gasteiger partial charge in [0, 0.05) is 24.7 Å². The molecule has 112 valence electrons. The summed E-state index contributed by atoms with van der Waals surface area (Å²) in [5.74, 6) is -0.579. The van der Waals surface area contributed by atoms with Crippen LogP contribution in [-0.4, -0.2) is 31.1 Å². The van der Waals surface area contributed by atoms with Crippen LogP contribution in [0.4, 0.5) is 17.6 Å². The lowest BCUT2D eigenvalue weighted by Gasteiger charge is -2.32. The third kappa shape index (κ3) is 3.70. The molecule has 0 spiro atoms. The fourth-order valence-electron chi connectivity index (χ4n) is 2.55. The Hall–Kier alpha value is -1.14. The highest BCUT2D eigenvalue weighted by atomic mass is 19.4. The monoisotopic (exact) mass is 290 g/mol. The van der Waals surface area contributed by atoms with Crippen molar-refractivity contribution in [3.63, 3.8) is 0 Å². The Bertz CT molecular complexity index is 459. The summed E-state index contributed by atoms with van der Waals surface area (Å²) >= 11 is 0. The first-order valence-electron chi connectivity index (χ1n) is 6.65. The van der Waals surface area contributed by atoms with Crippen molar-refractivity contribution in [3.05, 3.63) is 35.1 Å². The van der Waals surface area contributed by atoms with Crippen molar-refractivity contribution in [2.45, 2.75) is 31.6 Å². The van der Waals surface area contributed by atoms with Gasteiger partial charge in [-0.15, -0.1) is 0 Å². The Balaban J connectivity index is 2.12. The number of nitrogens with one attached hydrogen (secondary N) is 1. The van der Waals surface area contributed by atoms with Crippen LogP contribution in [0.1, 0.15) is 24.0 Å². The summed E-state index contributed by atoms with van der Waals surface area (Å²) in [4.78, 5) is 1.99. The SMILES string of the molecule is CNC1CCCN(Cc2cc(C(F)(F)F)ccc2F)C1. The first kappa shape index (κ1) is 15.3. The number of likely N-dealkylation sites (N-methyl/N-ethyl adjacent to an activating group) is 1. The van der Waals surface area contributed by atoms with E-state index >= 15 is 0 Å². The first-order chi connectivity index (χ1) is 9.40. The van der Waals surface area contributed by atoms with E-state index in [0.29, 0.717) is 6.04 Å². The van der Waals surface area contributed by atoms with Crippen molar-refractivity contribution >= 4 is 0 Å². The molecule has 1 heterocycles. The number of nitrogens with zero attached hydrogens (tertiary/aromatic N) is 1. The smallest absolute Gasteiger partial charge is 0.316 e. The highest BCUT2D eigenvalue weighted by Crippen LogP contribution is 2.30. The Kier molecular flexibility index (Phi) is 4.65. The van der Waals surface area contributed by atoms with Gasteiger partial charge in [-0.3, -0.25) is 4.90 Å². The molecule has 1 atom stereocenters. The van der Waals surface area contributed by atoms with Crippen molar-refractivity contribution in [2.75, 3.05) is 20.1 Å². The molecule has 1 aromatic rings. The maximum absolute atomic E-state index is 13.7. The quantitative estimate of drug-likeness (QED) is 0.861. The zero-order chi connectivity index (χ0) is 14.8. The molecule has 0 radical (unpaired) electrons. The molecule has 1 unspecified atom stereocenters. The average Bonchev–Trinajstić information content (AvgIpc) is 2.40. The molecule has 1 aliphatic rings. The van der Waals surface area contributed by atoms with E-state index < -0.39 is 17.6 Å². The van der Waals surface area contributed by atoms with Crippen LogP contribution in [0.15, 0.2) is 18.2 Å². The lowest BCUT2D eigenvalue weighted by atomic mass is 10.0. The molecule has 1 fully saturated rings. The van der Waals surface area contributed by atoms with E-state index in [0.717, 1.165) is 44.1 Å². The van der Waals surface area contributed by atoms with Crippen molar-refractivity contribution in [3.8, 4) is 0 Å². The zero-order valence-electron chi connectivity index (χ0n) is 11.3. The second-order valence-electron chi connectivity index (χ2n) is 5.17. The van der Waals surface area contributed by atoms with Crippen LogP contribution in [0.2, 0.25) is 0 Å². The van der Waals surface area contributed by atoms with E-state index in [1.165, 1.54) is 0 Å². The van der Waals surface area contributed by atoms with Crippen LogP contribution in [-0.2, 0) is 12.7 Å². The van der Waals surface area contributed by atoms with Gasteiger partial charge in [-0.1, -0.05) is 0 Å². The number of hydrogen-bond donors (Lipinski definition) is 1. The van der Waals surface area contributed by atoms with Crippen LogP contribution >= 0.6 is 0 Å². The van der Waals surface area contributed by atoms with Gasteiger partial charge < -0.3 is 5.32 Å². The summed E-state index contributed by atoms with van der Waals surface area (Å²) in [6.45, 7) is 1.73. The maximum atomic E-state index is 13.7. The molecule has 6 heteroatoms. The van der Waals surface area contributed by atoms with E-state index in [4.69, 9.17) is 0 Å². The van der Waals surface area contributed by atoms with Crippen LogP contribution in [0, 0.1) is 5.82 Å². The minimum absolute atomic E-state index is 0.108. The first-order valence-corrected chi connectivity index (χ1v) is 6.65. The summed E-state index contributed by atoms with van der Waals surface area (Å²) in [6.07, 6.45) is -2.43. The molecule has 0 aliphatic carbocycles. The normalized spacial score (nSPS) is 21.1. The van der Waals surface area contributed by atoms with Crippen molar-refractivity contribution in [2.24, 2.45) is 0 Å². The fraction of sp³-hybridized carbons (Fsp3) is 0.571. The number of halogens is 4. The molecule has 20 heavy (non-hydrogen) atoms. The zero-order valence-corrected chi connectivity index (χ0v) is 11.3. The highest BCUT2D eigenvalue weighted by Gasteiger charge is 2.31. The highest BCUT2D eigenvalue weighted by molar-refractivity contribution is 5.27. The van der Waals surface area contributed by atoms with Crippen LogP contribution in [0.5, 0.6) is 0 Å². The van der Waals surface area contributed by atoms with Crippen LogP contribution in [0.3, 0.4) is 0 Å². The maximum Gasteiger partial charge on any atom is 0.416 e. The summed E-state index contributed by atoms with van der Waals surface area (Å²) < 4.78 is 51.6. The third-order valence-electron chi connectivity index (χ3n) is 3.68. The van der Waals surface area contributed by atoms with Gasteiger partial charge in [-0.2, -0.15) is 13.2 Å². The van der Waals surface area contributed by atoms with E-state index in [2.05, 4.69) is 5.32 Å². The molecule has 1 aromatic carbocycles. The summed E-state index contributed by atoms with van der Waals surface area (Å²) in [6, 6.07) is 2.92. The minimum Gasteiger partial charge on any atom is -0.316 e. The van der Waals surface area contributed by atoms with Crippen molar-refractivity contribution in [1.29, 1.82) is 0 Å².